The minimum atomic E-state index is 0.259. The van der Waals surface area contributed by atoms with Crippen molar-refractivity contribution in [3.63, 3.8) is 0 Å². The largest absolute Gasteiger partial charge is 0.508 e. The molecule has 0 aliphatic rings. The second-order valence-corrected chi connectivity index (χ2v) is 7.44. The van der Waals surface area contributed by atoms with Gasteiger partial charge in [-0.05, 0) is 37.3 Å². The Morgan fingerprint density at radius 3 is 2.39 bits per heavy atom. The number of nitrogens with zero attached hydrogens (tertiary/aromatic N) is 3. The minimum absolute atomic E-state index is 0.259. The van der Waals surface area contributed by atoms with Crippen molar-refractivity contribution in [2.45, 2.75) is 13.5 Å². The van der Waals surface area contributed by atoms with E-state index in [1.807, 2.05) is 54.6 Å². The molecule has 140 valence electrons. The molecule has 0 saturated carbocycles. The quantitative estimate of drug-likeness (QED) is 0.445. The molecule has 0 amide bonds. The molecule has 0 aliphatic carbocycles. The molecule has 2 N–H and O–H groups in total. The smallest absolute Gasteiger partial charge is 0.158 e. The van der Waals surface area contributed by atoms with E-state index in [9.17, 15) is 5.11 Å². The second-order valence-electron chi connectivity index (χ2n) is 6.52. The van der Waals surface area contributed by atoms with Crippen LogP contribution in [0, 0.1) is 6.92 Å². The Morgan fingerprint density at radius 1 is 0.964 bits per heavy atom. The minimum Gasteiger partial charge on any atom is -0.508 e. The molecule has 6 heteroatoms. The number of nitrogens with one attached hydrogen (secondary N) is 1. The van der Waals surface area contributed by atoms with E-state index in [1.165, 1.54) is 5.56 Å². The highest BCUT2D eigenvalue weighted by Gasteiger charge is 2.16. The summed E-state index contributed by atoms with van der Waals surface area (Å²) in [5.41, 5.74) is 4.63. The van der Waals surface area contributed by atoms with Gasteiger partial charge in [-0.3, -0.25) is 0 Å². The Balaban J connectivity index is 1.75. The van der Waals surface area contributed by atoms with Gasteiger partial charge in [0.2, 0.25) is 0 Å². The molecule has 0 saturated heterocycles. The lowest BCUT2D eigenvalue weighted by Crippen LogP contribution is -2.07. The SMILES string of the molecule is Cc1ccc(-c2nnn(-c3ccc(Br)cc3)c2NCc2ccccc2O)cc1. The molecule has 3 aromatic carbocycles. The van der Waals surface area contributed by atoms with Gasteiger partial charge in [0.05, 0.1) is 5.69 Å². The predicted molar refractivity (Wildman–Crippen MR) is 115 cm³/mol. The van der Waals surface area contributed by atoms with Crippen molar-refractivity contribution in [1.29, 1.82) is 0 Å². The average Bonchev–Trinajstić information content (AvgIpc) is 3.12. The van der Waals surface area contributed by atoms with Gasteiger partial charge in [-0.2, -0.15) is 4.68 Å². The Labute approximate surface area is 171 Å². The standard InChI is InChI=1S/C22H19BrN4O/c1-15-6-8-16(9-7-15)21-22(24-14-17-4-2-3-5-20(17)28)27(26-25-21)19-12-10-18(23)11-13-19/h2-13,24,28H,14H2,1H3. The summed E-state index contributed by atoms with van der Waals surface area (Å²) in [5.74, 6) is 1.03. The molecular weight excluding hydrogens is 416 g/mol. The molecule has 0 unspecified atom stereocenters. The van der Waals surface area contributed by atoms with E-state index in [0.717, 1.165) is 32.8 Å². The summed E-state index contributed by atoms with van der Waals surface area (Å²) in [6, 6.07) is 23.4. The Morgan fingerprint density at radius 2 is 1.68 bits per heavy atom. The molecule has 0 aliphatic heterocycles. The van der Waals surface area contributed by atoms with Crippen LogP contribution in [0.3, 0.4) is 0 Å². The van der Waals surface area contributed by atoms with Crippen LogP contribution in [0.25, 0.3) is 16.9 Å². The van der Waals surface area contributed by atoms with Crippen LogP contribution < -0.4 is 5.32 Å². The number of phenols is 1. The van der Waals surface area contributed by atoms with Crippen LogP contribution in [0.5, 0.6) is 5.75 Å². The summed E-state index contributed by atoms with van der Waals surface area (Å²) in [7, 11) is 0. The molecule has 4 rings (SSSR count). The number of benzene rings is 3. The van der Waals surface area contributed by atoms with Crippen LogP contribution >= 0.6 is 15.9 Å². The Kier molecular flexibility index (Phi) is 5.12. The summed E-state index contributed by atoms with van der Waals surface area (Å²) >= 11 is 3.47. The first-order chi connectivity index (χ1) is 13.6. The molecule has 28 heavy (non-hydrogen) atoms. The van der Waals surface area contributed by atoms with Crippen molar-refractivity contribution >= 4 is 21.7 Å². The lowest BCUT2D eigenvalue weighted by molar-refractivity contribution is 0.469. The molecule has 1 heterocycles. The van der Waals surface area contributed by atoms with Crippen molar-refractivity contribution < 1.29 is 5.11 Å². The summed E-state index contributed by atoms with van der Waals surface area (Å²) in [6.07, 6.45) is 0. The fraction of sp³-hybridized carbons (Fsp3) is 0.0909. The van der Waals surface area contributed by atoms with Gasteiger partial charge in [0.15, 0.2) is 5.82 Å². The number of halogens is 1. The van der Waals surface area contributed by atoms with Crippen molar-refractivity contribution in [3.05, 3.63) is 88.4 Å². The molecule has 0 fully saturated rings. The van der Waals surface area contributed by atoms with E-state index in [0.29, 0.717) is 6.54 Å². The lowest BCUT2D eigenvalue weighted by Gasteiger charge is -2.12. The predicted octanol–water partition coefficient (Wildman–Crippen LogP) is 5.32. The van der Waals surface area contributed by atoms with Gasteiger partial charge in [0.1, 0.15) is 11.4 Å². The van der Waals surface area contributed by atoms with E-state index in [2.05, 4.69) is 50.6 Å². The monoisotopic (exact) mass is 434 g/mol. The third kappa shape index (κ3) is 3.77. The fourth-order valence-corrected chi connectivity index (χ4v) is 3.21. The molecule has 4 aromatic rings. The van der Waals surface area contributed by atoms with Gasteiger partial charge in [-0.25, -0.2) is 0 Å². The lowest BCUT2D eigenvalue weighted by atomic mass is 10.1. The summed E-state index contributed by atoms with van der Waals surface area (Å²) < 4.78 is 2.78. The van der Waals surface area contributed by atoms with Crippen LogP contribution in [0.15, 0.2) is 77.3 Å². The third-order valence-corrected chi connectivity index (χ3v) is 5.03. The Bertz CT molecular complexity index is 1030. The van der Waals surface area contributed by atoms with Gasteiger partial charge < -0.3 is 10.4 Å². The number of hydrogen-bond donors (Lipinski definition) is 2. The average molecular weight is 435 g/mol. The van der Waals surface area contributed by atoms with Crippen LogP contribution in [-0.4, -0.2) is 20.1 Å². The first-order valence-corrected chi connectivity index (χ1v) is 9.70. The van der Waals surface area contributed by atoms with E-state index in [4.69, 9.17) is 0 Å². The zero-order valence-electron chi connectivity index (χ0n) is 15.3. The highest BCUT2D eigenvalue weighted by Crippen LogP contribution is 2.29. The zero-order chi connectivity index (χ0) is 19.5. The number of aromatic hydroxyl groups is 1. The van der Waals surface area contributed by atoms with Crippen molar-refractivity contribution in [1.82, 2.24) is 15.0 Å². The molecule has 5 nitrogen and oxygen atoms in total. The Hall–Kier alpha value is -3.12. The normalized spacial score (nSPS) is 10.8. The summed E-state index contributed by atoms with van der Waals surface area (Å²) in [5, 5.41) is 22.3. The maximum atomic E-state index is 10.1. The van der Waals surface area contributed by atoms with Gasteiger partial charge in [-0.1, -0.05) is 69.2 Å². The maximum Gasteiger partial charge on any atom is 0.158 e. The first kappa shape index (κ1) is 18.3. The first-order valence-electron chi connectivity index (χ1n) is 8.91. The number of para-hydroxylation sites is 1. The number of hydrogen-bond acceptors (Lipinski definition) is 4. The van der Waals surface area contributed by atoms with E-state index < -0.39 is 0 Å². The van der Waals surface area contributed by atoms with Crippen LogP contribution in [-0.2, 0) is 6.54 Å². The van der Waals surface area contributed by atoms with Gasteiger partial charge in [-0.15, -0.1) is 5.10 Å². The summed E-state index contributed by atoms with van der Waals surface area (Å²) in [6.45, 7) is 2.51. The zero-order valence-corrected chi connectivity index (χ0v) is 16.9. The van der Waals surface area contributed by atoms with Crippen LogP contribution in [0.2, 0.25) is 0 Å². The second kappa shape index (κ2) is 7.86. The molecular formula is C22H19BrN4O. The van der Waals surface area contributed by atoms with Crippen LogP contribution in [0.1, 0.15) is 11.1 Å². The molecule has 0 spiro atoms. The van der Waals surface area contributed by atoms with E-state index in [1.54, 1.807) is 10.7 Å². The number of rotatable bonds is 5. The number of aromatic nitrogens is 3. The topological polar surface area (TPSA) is 63.0 Å². The van der Waals surface area contributed by atoms with Crippen molar-refractivity contribution in [2.75, 3.05) is 5.32 Å². The van der Waals surface area contributed by atoms with Gasteiger partial charge in [0.25, 0.3) is 0 Å². The van der Waals surface area contributed by atoms with Crippen molar-refractivity contribution in [2.24, 2.45) is 0 Å². The summed E-state index contributed by atoms with van der Waals surface area (Å²) in [4.78, 5) is 0. The van der Waals surface area contributed by atoms with E-state index >= 15 is 0 Å². The number of aryl methyl sites for hydroxylation is 1. The van der Waals surface area contributed by atoms with Gasteiger partial charge >= 0.3 is 0 Å². The molecule has 1 aromatic heterocycles. The van der Waals surface area contributed by atoms with Gasteiger partial charge in [0, 0.05) is 22.1 Å². The third-order valence-electron chi connectivity index (χ3n) is 4.50. The fourth-order valence-electron chi connectivity index (χ4n) is 2.95. The highest BCUT2D eigenvalue weighted by molar-refractivity contribution is 9.10. The molecule has 0 radical (unpaired) electrons. The van der Waals surface area contributed by atoms with Crippen LogP contribution in [0.4, 0.5) is 5.82 Å². The number of anilines is 1. The molecule has 0 bridgehead atoms. The maximum absolute atomic E-state index is 10.1. The van der Waals surface area contributed by atoms with E-state index in [-0.39, 0.29) is 5.75 Å². The molecule has 0 atom stereocenters. The van der Waals surface area contributed by atoms with Crippen molar-refractivity contribution in [3.8, 4) is 22.7 Å². The number of phenolic OH excluding ortho intramolecular Hbond substituents is 1. The highest BCUT2D eigenvalue weighted by atomic mass is 79.9.